The summed E-state index contributed by atoms with van der Waals surface area (Å²) in [6.45, 7) is 6.93. The first-order valence-electron chi connectivity index (χ1n) is 19.2. The molecule has 0 saturated carbocycles. The molecule has 0 atom stereocenters. The number of rotatable bonds is 15. The molecule has 58 heavy (non-hydrogen) atoms. The van der Waals surface area contributed by atoms with Gasteiger partial charge in [-0.2, -0.15) is 10.1 Å². The molecule has 2 aliphatic rings. The number of urea groups is 1. The number of amides is 2. The summed E-state index contributed by atoms with van der Waals surface area (Å²) in [5.74, 6) is 3.43. The van der Waals surface area contributed by atoms with E-state index in [1.54, 1.807) is 40.8 Å². The first-order chi connectivity index (χ1) is 28.3. The molecule has 2 amide bonds. The quantitative estimate of drug-likeness (QED) is 0.0677. The average Bonchev–Trinajstić information content (AvgIpc) is 3.77. The third-order valence-corrected chi connectivity index (χ3v) is 12.2. The minimum Gasteiger partial charge on any atom is -0.492 e. The lowest BCUT2D eigenvalue weighted by atomic mass is 10.1. The normalized spacial score (nSPS) is 14.8. The Labute approximate surface area is 341 Å². The van der Waals surface area contributed by atoms with Crippen LogP contribution in [0, 0.1) is 0 Å². The molecular weight excluding hydrogens is 777 g/mol. The Morgan fingerprint density at radius 1 is 0.914 bits per heavy atom. The van der Waals surface area contributed by atoms with E-state index >= 15 is 0 Å². The fourth-order valence-electron chi connectivity index (χ4n) is 6.78. The monoisotopic (exact) mass is 820 g/mol. The number of unbranched alkanes of at least 4 members (excludes halogenated alkanes) is 1. The molecule has 14 nitrogen and oxygen atoms in total. The van der Waals surface area contributed by atoms with Crippen LogP contribution in [-0.2, 0) is 26.1 Å². The van der Waals surface area contributed by atoms with Crippen LogP contribution in [0.4, 0.5) is 27.9 Å². The Morgan fingerprint density at radius 2 is 1.72 bits per heavy atom. The lowest BCUT2D eigenvalue weighted by Crippen LogP contribution is -2.38. The summed E-state index contributed by atoms with van der Waals surface area (Å²) in [5.41, 5.74) is 3.64. The lowest BCUT2D eigenvalue weighted by Gasteiger charge is -2.26. The number of ether oxygens (including phenoxy) is 3. The Morgan fingerprint density at radius 3 is 2.55 bits per heavy atom. The molecule has 1 fully saturated rings. The van der Waals surface area contributed by atoms with Crippen molar-refractivity contribution in [2.24, 2.45) is 0 Å². The molecule has 0 aliphatic carbocycles. The predicted octanol–water partition coefficient (Wildman–Crippen LogP) is 8.03. The van der Waals surface area contributed by atoms with E-state index in [0.29, 0.717) is 41.4 Å². The number of benzene rings is 4. The Balaban J connectivity index is 0.949. The summed E-state index contributed by atoms with van der Waals surface area (Å²) >= 11 is 1.65. The fraction of sp³-hybridized carbons (Fsp3) is 0.286. The highest BCUT2D eigenvalue weighted by molar-refractivity contribution is 7.99. The zero-order valence-corrected chi connectivity index (χ0v) is 33.7. The highest BCUT2D eigenvalue weighted by Crippen LogP contribution is 2.35. The van der Waals surface area contributed by atoms with Gasteiger partial charge in [0.25, 0.3) is 0 Å². The summed E-state index contributed by atoms with van der Waals surface area (Å²) in [6, 6.07) is 27.5. The van der Waals surface area contributed by atoms with Gasteiger partial charge in [-0.15, -0.1) is 11.8 Å². The van der Waals surface area contributed by atoms with Crippen molar-refractivity contribution >= 4 is 61.5 Å². The molecule has 3 N–H and O–H groups in total. The van der Waals surface area contributed by atoms with E-state index in [0.717, 1.165) is 89.8 Å². The van der Waals surface area contributed by atoms with Crippen LogP contribution in [0.5, 0.6) is 17.4 Å². The van der Waals surface area contributed by atoms with Crippen LogP contribution in [0.3, 0.4) is 0 Å². The molecule has 0 radical (unpaired) electrons. The molecule has 6 aromatic rings. The van der Waals surface area contributed by atoms with E-state index in [1.165, 1.54) is 0 Å². The van der Waals surface area contributed by atoms with Gasteiger partial charge in [0.2, 0.25) is 11.8 Å². The summed E-state index contributed by atoms with van der Waals surface area (Å²) < 4.78 is 43.6. The van der Waals surface area contributed by atoms with E-state index in [4.69, 9.17) is 19.3 Å². The van der Waals surface area contributed by atoms with E-state index < -0.39 is 15.9 Å². The van der Waals surface area contributed by atoms with Gasteiger partial charge >= 0.3 is 6.03 Å². The van der Waals surface area contributed by atoms with Gasteiger partial charge in [-0.25, -0.2) is 22.9 Å². The molecule has 0 spiro atoms. The van der Waals surface area contributed by atoms with Gasteiger partial charge in [0.05, 0.1) is 36.1 Å². The third kappa shape index (κ3) is 9.70. The van der Waals surface area contributed by atoms with Crippen molar-refractivity contribution in [2.45, 2.75) is 36.3 Å². The number of fused-ring (bicyclic) bond motifs is 2. The SMILES string of the molecule is CCCCSc1cc(NC(=O)Nc2ccc(Oc3ccnc(Nc4ccc5c(c4)CS(=O)(=O)C5)n3)c3ccccc23)n(-c2ccc(OCCN3CCOCC3)cc2)n1. The second kappa shape index (κ2) is 17.9. The van der Waals surface area contributed by atoms with Gasteiger partial charge < -0.3 is 24.8 Å². The van der Waals surface area contributed by atoms with Crippen LogP contribution in [0.2, 0.25) is 0 Å². The fourth-order valence-corrected chi connectivity index (χ4v) is 9.36. The zero-order valence-electron chi connectivity index (χ0n) is 32.0. The number of anilines is 4. The molecule has 2 aliphatic heterocycles. The lowest BCUT2D eigenvalue weighted by molar-refractivity contribution is 0.0322. The number of sulfone groups is 1. The number of hydrogen-bond acceptors (Lipinski definition) is 12. The van der Waals surface area contributed by atoms with Crippen LogP contribution in [0.25, 0.3) is 16.5 Å². The molecule has 8 rings (SSSR count). The van der Waals surface area contributed by atoms with Crippen molar-refractivity contribution in [3.63, 3.8) is 0 Å². The second-order valence-corrected chi connectivity index (χ2v) is 17.2. The number of carbonyl (C=O) groups excluding carboxylic acids is 1. The molecule has 0 bridgehead atoms. The summed E-state index contributed by atoms with van der Waals surface area (Å²) in [5, 5.41) is 16.4. The number of nitrogens with one attached hydrogen (secondary N) is 3. The minimum absolute atomic E-state index is 0.0206. The van der Waals surface area contributed by atoms with Gasteiger partial charge in [0.1, 0.15) is 28.9 Å². The highest BCUT2D eigenvalue weighted by Gasteiger charge is 2.25. The standard InChI is InChI=1S/C42H44N8O6S2/c1-2-3-24-57-40-26-38(50(48-40)32-10-12-33(13-11-32)55-23-20-49-18-21-54-22-19-49)46-42(51)45-36-14-15-37(35-7-5-4-6-34(35)36)56-39-16-17-43-41(47-39)44-31-9-8-29-27-58(52,53)28-30(29)25-31/h4-17,25-26H,2-3,18-24,27-28H2,1H3,(H,43,44,47)(H2,45,46,51). The van der Waals surface area contributed by atoms with Crippen molar-refractivity contribution in [3.05, 3.63) is 108 Å². The molecular formula is C42H44N8O6S2. The van der Waals surface area contributed by atoms with E-state index in [1.807, 2.05) is 72.8 Å². The second-order valence-electron chi connectivity index (χ2n) is 14.0. The average molecular weight is 821 g/mol. The summed E-state index contributed by atoms with van der Waals surface area (Å²) in [6.07, 6.45) is 3.72. The number of hydrogen-bond donors (Lipinski definition) is 3. The van der Waals surface area contributed by atoms with Crippen molar-refractivity contribution in [2.75, 3.05) is 61.2 Å². The Bertz CT molecular complexity index is 2510. The van der Waals surface area contributed by atoms with Crippen molar-refractivity contribution in [1.29, 1.82) is 0 Å². The van der Waals surface area contributed by atoms with Gasteiger partial charge in [-0.3, -0.25) is 10.2 Å². The van der Waals surface area contributed by atoms with Gasteiger partial charge in [-0.1, -0.05) is 43.7 Å². The number of thioether (sulfide) groups is 1. The van der Waals surface area contributed by atoms with E-state index in [2.05, 4.69) is 37.7 Å². The molecule has 300 valence electrons. The summed E-state index contributed by atoms with van der Waals surface area (Å²) in [4.78, 5) is 24.8. The molecule has 0 unspecified atom stereocenters. The predicted molar refractivity (Wildman–Crippen MR) is 227 cm³/mol. The Kier molecular flexibility index (Phi) is 12.1. The third-order valence-electron chi connectivity index (χ3n) is 9.73. The van der Waals surface area contributed by atoms with Crippen molar-refractivity contribution < 1.29 is 27.4 Å². The number of morpholine rings is 1. The maximum atomic E-state index is 13.7. The van der Waals surface area contributed by atoms with Crippen LogP contribution in [-0.4, -0.2) is 84.3 Å². The van der Waals surface area contributed by atoms with Crippen LogP contribution in [0.15, 0.2) is 102 Å². The topological polar surface area (TPSA) is 162 Å². The van der Waals surface area contributed by atoms with Crippen molar-refractivity contribution in [3.8, 4) is 23.1 Å². The molecule has 1 saturated heterocycles. The first-order valence-corrected chi connectivity index (χ1v) is 22.1. The van der Waals surface area contributed by atoms with Crippen LogP contribution in [0.1, 0.15) is 30.9 Å². The van der Waals surface area contributed by atoms with Gasteiger partial charge in [0, 0.05) is 54.4 Å². The van der Waals surface area contributed by atoms with Crippen LogP contribution >= 0.6 is 11.8 Å². The smallest absolute Gasteiger partial charge is 0.324 e. The first kappa shape index (κ1) is 39.2. The zero-order chi connectivity index (χ0) is 39.9. The van der Waals surface area contributed by atoms with Crippen LogP contribution < -0.4 is 25.4 Å². The van der Waals surface area contributed by atoms with Gasteiger partial charge in [0.15, 0.2) is 9.84 Å². The number of nitrogens with zero attached hydrogens (tertiary/aromatic N) is 5. The van der Waals surface area contributed by atoms with Crippen molar-refractivity contribution in [1.82, 2.24) is 24.6 Å². The van der Waals surface area contributed by atoms with Gasteiger partial charge in [-0.05, 0) is 71.8 Å². The maximum absolute atomic E-state index is 13.7. The summed E-state index contributed by atoms with van der Waals surface area (Å²) in [7, 11) is -3.12. The molecule has 2 aromatic heterocycles. The van der Waals surface area contributed by atoms with E-state index in [9.17, 15) is 13.2 Å². The molecule has 16 heteroatoms. The molecule has 4 heterocycles. The molecule has 4 aromatic carbocycles. The maximum Gasteiger partial charge on any atom is 0.324 e. The largest absolute Gasteiger partial charge is 0.492 e. The Hall–Kier alpha value is -5.68. The minimum atomic E-state index is -3.12. The van der Waals surface area contributed by atoms with E-state index in [-0.39, 0.29) is 11.5 Å². The number of aromatic nitrogens is 4. The number of carbonyl (C=O) groups is 1. The highest BCUT2D eigenvalue weighted by atomic mass is 32.2.